The molecule has 0 saturated carbocycles. The van der Waals surface area contributed by atoms with Crippen molar-refractivity contribution in [3.05, 3.63) is 52.1 Å². The fourth-order valence-corrected chi connectivity index (χ4v) is 4.38. The minimum atomic E-state index is -1.04. The maximum Gasteiger partial charge on any atom is 0.335 e. The monoisotopic (exact) mass is 440 g/mol. The smallest absolute Gasteiger partial charge is 0.335 e. The van der Waals surface area contributed by atoms with E-state index in [-0.39, 0.29) is 22.9 Å². The molecule has 31 heavy (non-hydrogen) atoms. The van der Waals surface area contributed by atoms with Crippen LogP contribution in [0.1, 0.15) is 34.5 Å². The maximum absolute atomic E-state index is 12.7. The van der Waals surface area contributed by atoms with Gasteiger partial charge in [0, 0.05) is 24.7 Å². The topological polar surface area (TPSA) is 108 Å². The first-order valence-electron chi connectivity index (χ1n) is 9.81. The lowest BCUT2D eigenvalue weighted by Gasteiger charge is -2.18. The van der Waals surface area contributed by atoms with E-state index in [1.807, 2.05) is 6.92 Å². The summed E-state index contributed by atoms with van der Waals surface area (Å²) in [4.78, 5) is 51.3. The molecule has 2 fully saturated rings. The maximum atomic E-state index is 12.7. The van der Waals surface area contributed by atoms with E-state index >= 15 is 0 Å². The average molecular weight is 440 g/mol. The highest BCUT2D eigenvalue weighted by Crippen LogP contribution is 2.34. The Labute approximate surface area is 182 Å². The first-order valence-corrected chi connectivity index (χ1v) is 10.6. The summed E-state index contributed by atoms with van der Waals surface area (Å²) in [5.41, 5.74) is 1.61. The number of aromatic carboxylic acids is 1. The van der Waals surface area contributed by atoms with Crippen molar-refractivity contribution in [2.45, 2.75) is 19.8 Å². The molecule has 0 spiro atoms. The van der Waals surface area contributed by atoms with Gasteiger partial charge in [0.25, 0.3) is 11.1 Å². The van der Waals surface area contributed by atoms with Crippen molar-refractivity contribution in [2.75, 3.05) is 19.6 Å². The predicted molar refractivity (Wildman–Crippen MR) is 114 cm³/mol. The number of carboxylic acid groups (broad SMARTS) is 1. The molecule has 4 rings (SSSR count). The number of amides is 3. The van der Waals surface area contributed by atoms with E-state index in [0.29, 0.717) is 30.2 Å². The van der Waals surface area contributed by atoms with Crippen molar-refractivity contribution in [2.24, 2.45) is 0 Å². The van der Waals surface area contributed by atoms with Crippen molar-refractivity contribution >= 4 is 40.9 Å². The van der Waals surface area contributed by atoms with Crippen LogP contribution in [0.3, 0.4) is 0 Å². The molecule has 2 aliphatic rings. The number of benzene rings is 1. The van der Waals surface area contributed by atoms with Crippen LogP contribution in [0.25, 0.3) is 17.4 Å². The molecular formula is C22H20N2O6S. The quantitative estimate of drug-likeness (QED) is 0.708. The van der Waals surface area contributed by atoms with Crippen LogP contribution >= 0.6 is 11.8 Å². The number of carboxylic acids is 1. The second-order valence-electron chi connectivity index (χ2n) is 7.39. The van der Waals surface area contributed by atoms with Crippen LogP contribution in [0, 0.1) is 6.92 Å². The van der Waals surface area contributed by atoms with Gasteiger partial charge < -0.3 is 14.4 Å². The predicted octanol–water partition coefficient (Wildman–Crippen LogP) is 3.61. The lowest BCUT2D eigenvalue weighted by atomic mass is 10.0. The molecule has 160 valence electrons. The van der Waals surface area contributed by atoms with Gasteiger partial charge in [0.2, 0.25) is 5.91 Å². The highest BCUT2D eigenvalue weighted by atomic mass is 32.2. The second-order valence-corrected chi connectivity index (χ2v) is 8.39. The zero-order chi connectivity index (χ0) is 22.1. The molecular weight excluding hydrogens is 420 g/mol. The zero-order valence-corrected chi connectivity index (χ0v) is 17.6. The Morgan fingerprint density at radius 3 is 2.61 bits per heavy atom. The highest BCUT2D eigenvalue weighted by molar-refractivity contribution is 8.18. The zero-order valence-electron chi connectivity index (χ0n) is 16.8. The van der Waals surface area contributed by atoms with Gasteiger partial charge in [0.05, 0.1) is 10.5 Å². The van der Waals surface area contributed by atoms with Gasteiger partial charge in [-0.15, -0.1) is 0 Å². The molecule has 0 unspecified atom stereocenters. The summed E-state index contributed by atoms with van der Waals surface area (Å²) in [5.74, 6) is -0.980. The van der Waals surface area contributed by atoms with Gasteiger partial charge in [0.1, 0.15) is 18.1 Å². The average Bonchev–Trinajstić information content (AvgIpc) is 3.47. The molecule has 2 aromatic rings. The van der Waals surface area contributed by atoms with E-state index in [2.05, 4.69) is 0 Å². The summed E-state index contributed by atoms with van der Waals surface area (Å²) in [5, 5.41) is 8.72. The van der Waals surface area contributed by atoms with E-state index in [4.69, 9.17) is 4.42 Å². The van der Waals surface area contributed by atoms with Crippen LogP contribution < -0.4 is 0 Å². The number of thioether (sulfide) groups is 1. The normalized spacial score (nSPS) is 17.8. The Balaban J connectivity index is 1.52. The number of likely N-dealkylation sites (tertiary alicyclic amines) is 1. The third-order valence-corrected chi connectivity index (χ3v) is 6.18. The van der Waals surface area contributed by atoms with Gasteiger partial charge in [-0.2, -0.15) is 0 Å². The van der Waals surface area contributed by atoms with Gasteiger partial charge >= 0.3 is 5.97 Å². The summed E-state index contributed by atoms with van der Waals surface area (Å²) in [6.45, 7) is 2.89. The van der Waals surface area contributed by atoms with Crippen LogP contribution in [0.15, 0.2) is 39.7 Å². The molecule has 0 radical (unpaired) electrons. The minimum absolute atomic E-state index is 0.141. The Hall–Kier alpha value is -3.33. The summed E-state index contributed by atoms with van der Waals surface area (Å²) < 4.78 is 5.79. The lowest BCUT2D eigenvalue weighted by Crippen LogP contribution is -2.40. The largest absolute Gasteiger partial charge is 0.478 e. The van der Waals surface area contributed by atoms with Gasteiger partial charge in [-0.05, 0) is 61.4 Å². The molecule has 0 atom stereocenters. The van der Waals surface area contributed by atoms with E-state index in [0.717, 1.165) is 35.1 Å². The molecule has 2 aliphatic heterocycles. The lowest BCUT2D eigenvalue weighted by molar-refractivity contribution is -0.135. The molecule has 0 bridgehead atoms. The van der Waals surface area contributed by atoms with Crippen molar-refractivity contribution in [3.8, 4) is 11.3 Å². The molecule has 0 aliphatic carbocycles. The number of imide groups is 1. The number of carbonyl (C=O) groups excluding carboxylic acids is 3. The molecule has 2 saturated heterocycles. The number of hydrogen-bond donors (Lipinski definition) is 1. The molecule has 1 aromatic carbocycles. The fraction of sp³-hybridized carbons (Fsp3) is 0.273. The Morgan fingerprint density at radius 2 is 1.90 bits per heavy atom. The first-order chi connectivity index (χ1) is 14.8. The van der Waals surface area contributed by atoms with Crippen molar-refractivity contribution in [3.63, 3.8) is 0 Å². The number of furan rings is 1. The minimum Gasteiger partial charge on any atom is -0.478 e. The highest BCUT2D eigenvalue weighted by Gasteiger charge is 2.37. The summed E-state index contributed by atoms with van der Waals surface area (Å²) in [7, 11) is 0. The number of nitrogens with zero attached hydrogens (tertiary/aromatic N) is 2. The number of carbonyl (C=O) groups is 4. The van der Waals surface area contributed by atoms with Crippen LogP contribution in [-0.4, -0.2) is 57.6 Å². The van der Waals surface area contributed by atoms with Crippen LogP contribution in [0.2, 0.25) is 0 Å². The van der Waals surface area contributed by atoms with Crippen molar-refractivity contribution in [1.29, 1.82) is 0 Å². The molecule has 3 amide bonds. The molecule has 9 heteroatoms. The Bertz CT molecular complexity index is 1110. The van der Waals surface area contributed by atoms with Gasteiger partial charge in [-0.25, -0.2) is 4.79 Å². The summed E-state index contributed by atoms with van der Waals surface area (Å²) in [6, 6.07) is 8.07. The van der Waals surface area contributed by atoms with Gasteiger partial charge in [-0.1, -0.05) is 6.07 Å². The van der Waals surface area contributed by atoms with Gasteiger partial charge in [-0.3, -0.25) is 19.3 Å². The van der Waals surface area contributed by atoms with Crippen LogP contribution in [0.5, 0.6) is 0 Å². The van der Waals surface area contributed by atoms with Crippen LogP contribution in [0.4, 0.5) is 4.79 Å². The SMILES string of the molecule is Cc1ccc(C(=O)O)cc1-c1ccc(/C=C2\SC(=O)N(CC(=O)N3CCCC3)C2=O)o1. The van der Waals surface area contributed by atoms with Gasteiger partial charge in [0.15, 0.2) is 0 Å². The standard InChI is InChI=1S/C22H20N2O6S/c1-13-4-5-14(21(27)28)10-16(13)17-7-6-15(30-17)11-18-20(26)24(22(29)31-18)12-19(25)23-8-2-3-9-23/h4-7,10-11H,2-3,8-9,12H2,1H3,(H,27,28)/b18-11-. The fourth-order valence-electron chi connectivity index (χ4n) is 3.56. The van der Waals surface area contributed by atoms with Crippen molar-refractivity contribution < 1.29 is 28.7 Å². The Morgan fingerprint density at radius 1 is 1.16 bits per heavy atom. The summed E-state index contributed by atoms with van der Waals surface area (Å²) >= 11 is 0.766. The third-order valence-electron chi connectivity index (χ3n) is 5.28. The number of rotatable bonds is 5. The molecule has 8 nitrogen and oxygen atoms in total. The molecule has 1 aromatic heterocycles. The first kappa shape index (κ1) is 20.9. The van der Waals surface area contributed by atoms with E-state index < -0.39 is 17.1 Å². The van der Waals surface area contributed by atoms with E-state index in [1.165, 1.54) is 18.2 Å². The second kappa shape index (κ2) is 8.43. The Kier molecular flexibility index (Phi) is 5.69. The van der Waals surface area contributed by atoms with E-state index in [1.54, 1.807) is 23.1 Å². The molecule has 1 N–H and O–H groups in total. The van der Waals surface area contributed by atoms with E-state index in [9.17, 15) is 24.3 Å². The third kappa shape index (κ3) is 4.27. The molecule has 3 heterocycles. The number of aryl methyl sites for hydroxylation is 1. The van der Waals surface area contributed by atoms with Crippen molar-refractivity contribution in [1.82, 2.24) is 9.80 Å². The summed E-state index contributed by atoms with van der Waals surface area (Å²) in [6.07, 6.45) is 3.33. The van der Waals surface area contributed by atoms with Crippen LogP contribution in [-0.2, 0) is 9.59 Å². The number of hydrogen-bond acceptors (Lipinski definition) is 6.